The number of hydrogen-bond acceptors (Lipinski definition) is 8. The topological polar surface area (TPSA) is 119 Å². The van der Waals surface area contributed by atoms with Crippen molar-refractivity contribution in [2.75, 3.05) is 13.7 Å². The molecule has 44 heavy (non-hydrogen) atoms. The van der Waals surface area contributed by atoms with E-state index in [1.807, 2.05) is 44.4 Å². The number of likely N-dealkylation sites (tertiary alicyclic amines) is 1. The first-order valence-corrected chi connectivity index (χ1v) is 17.2. The van der Waals surface area contributed by atoms with E-state index in [2.05, 4.69) is 38.2 Å². The second-order valence-corrected chi connectivity index (χ2v) is 14.4. The Morgan fingerprint density at radius 3 is 2.68 bits per heavy atom. The first kappa shape index (κ1) is 32.9. The Morgan fingerprint density at radius 1 is 1.23 bits per heavy atom. The van der Waals surface area contributed by atoms with E-state index in [-0.39, 0.29) is 24.4 Å². The highest BCUT2D eigenvalue weighted by atomic mass is 127. The number of carbonyl (C=O) groups is 2. The van der Waals surface area contributed by atoms with Gasteiger partial charge in [-0.15, -0.1) is 0 Å². The molecule has 9 nitrogen and oxygen atoms in total. The third-order valence-electron chi connectivity index (χ3n) is 7.66. The van der Waals surface area contributed by atoms with Gasteiger partial charge in [0.05, 0.1) is 31.6 Å². The molecule has 13 heteroatoms. The van der Waals surface area contributed by atoms with Gasteiger partial charge in [0.1, 0.15) is 23.4 Å². The van der Waals surface area contributed by atoms with E-state index < -0.39 is 29.5 Å². The third kappa shape index (κ3) is 7.01. The number of benzene rings is 2. The zero-order valence-corrected chi connectivity index (χ0v) is 29.2. The zero-order chi connectivity index (χ0) is 31.8. The number of aromatic nitrogens is 1. The van der Waals surface area contributed by atoms with Gasteiger partial charge in [0, 0.05) is 37.2 Å². The summed E-state index contributed by atoms with van der Waals surface area (Å²) in [5.74, 6) is 0.247. The van der Waals surface area contributed by atoms with Crippen LogP contribution < -0.4 is 25.8 Å². The summed E-state index contributed by atoms with van der Waals surface area (Å²) in [5.41, 5.74) is 7.70. The summed E-state index contributed by atoms with van der Waals surface area (Å²) in [5, 5.41) is 11.6. The number of pyridine rings is 1. The van der Waals surface area contributed by atoms with E-state index >= 15 is 0 Å². The van der Waals surface area contributed by atoms with Crippen molar-refractivity contribution in [3.8, 4) is 11.6 Å². The molecule has 2 aromatic carbocycles. The molecule has 0 radical (unpaired) electrons. The number of carbonyl (C=O) groups excluding carboxylic acids is 2. The highest BCUT2D eigenvalue weighted by Gasteiger charge is 2.45. The van der Waals surface area contributed by atoms with E-state index in [1.165, 1.54) is 11.8 Å². The lowest BCUT2D eigenvalue weighted by Crippen LogP contribution is -2.59. The number of primary amides is 1. The molecular formula is C31H34Cl2IN5O4S. The van der Waals surface area contributed by atoms with Crippen LogP contribution in [-0.4, -0.2) is 59.0 Å². The van der Waals surface area contributed by atoms with Crippen molar-refractivity contribution < 1.29 is 19.1 Å². The Labute approximate surface area is 284 Å². The van der Waals surface area contributed by atoms with Crippen molar-refractivity contribution in [1.29, 1.82) is 0 Å². The van der Waals surface area contributed by atoms with Crippen LogP contribution in [0.5, 0.6) is 11.6 Å². The number of nitrogens with two attached hydrogens (primary N) is 1. The van der Waals surface area contributed by atoms with Gasteiger partial charge in [-0.1, -0.05) is 90.5 Å². The van der Waals surface area contributed by atoms with Crippen LogP contribution >= 0.6 is 57.6 Å². The average molecular weight is 771 g/mol. The van der Waals surface area contributed by atoms with Gasteiger partial charge in [-0.25, -0.2) is 4.98 Å². The molecule has 1 fully saturated rings. The Morgan fingerprint density at radius 2 is 2.00 bits per heavy atom. The quantitative estimate of drug-likeness (QED) is 0.181. The van der Waals surface area contributed by atoms with E-state index in [1.54, 1.807) is 36.4 Å². The number of rotatable bonds is 9. The average Bonchev–Trinajstić information content (AvgIpc) is 3.64. The minimum Gasteiger partial charge on any atom is -0.494 e. The van der Waals surface area contributed by atoms with Crippen LogP contribution in [0.1, 0.15) is 38.3 Å². The van der Waals surface area contributed by atoms with Crippen molar-refractivity contribution in [1.82, 2.24) is 20.5 Å². The molecule has 234 valence electrons. The van der Waals surface area contributed by atoms with Crippen LogP contribution in [-0.2, 0) is 14.0 Å². The van der Waals surface area contributed by atoms with Crippen LogP contribution in [0.3, 0.4) is 0 Å². The summed E-state index contributed by atoms with van der Waals surface area (Å²) in [6.45, 7) is 6.12. The third-order valence-corrected chi connectivity index (χ3v) is 10.0. The molecule has 1 unspecified atom stereocenters. The van der Waals surface area contributed by atoms with Crippen LogP contribution in [0.15, 0.2) is 48.0 Å². The number of fused-ring (bicyclic) bond motifs is 1. The van der Waals surface area contributed by atoms with E-state index in [9.17, 15) is 9.59 Å². The van der Waals surface area contributed by atoms with Gasteiger partial charge in [-0.05, 0) is 40.7 Å². The van der Waals surface area contributed by atoms with Crippen molar-refractivity contribution in [2.24, 2.45) is 11.1 Å². The summed E-state index contributed by atoms with van der Waals surface area (Å²) >= 11 is 16.4. The normalized spacial score (nSPS) is 20.8. The summed E-state index contributed by atoms with van der Waals surface area (Å²) in [6, 6.07) is 9.86. The maximum atomic E-state index is 14.2. The van der Waals surface area contributed by atoms with Gasteiger partial charge >= 0.3 is 0 Å². The maximum Gasteiger partial charge on any atom is 0.241 e. The van der Waals surface area contributed by atoms with Crippen molar-refractivity contribution in [2.45, 2.75) is 55.3 Å². The predicted molar refractivity (Wildman–Crippen MR) is 185 cm³/mol. The molecule has 3 heterocycles. The predicted octanol–water partition coefficient (Wildman–Crippen LogP) is 5.94. The van der Waals surface area contributed by atoms with Gasteiger partial charge < -0.3 is 25.4 Å². The fraction of sp³-hybridized carbons (Fsp3) is 0.387. The van der Waals surface area contributed by atoms with Crippen LogP contribution in [0.2, 0.25) is 10.0 Å². The number of alkyl halides is 1. The monoisotopic (exact) mass is 769 g/mol. The lowest BCUT2D eigenvalue weighted by molar-refractivity contribution is -0.141. The van der Waals surface area contributed by atoms with Gasteiger partial charge in [-0.2, -0.15) is 0 Å². The number of ether oxygens (including phenoxy) is 2. The number of halogens is 3. The molecule has 4 atom stereocenters. The fourth-order valence-corrected chi connectivity index (χ4v) is 7.16. The molecule has 0 aliphatic carbocycles. The number of nitrogens with zero attached hydrogens (tertiary/aromatic N) is 2. The Balaban J connectivity index is 1.35. The summed E-state index contributed by atoms with van der Waals surface area (Å²) in [4.78, 5) is 32.9. The second kappa shape index (κ2) is 13.5. The van der Waals surface area contributed by atoms with Crippen LogP contribution in [0, 0.1) is 5.41 Å². The summed E-state index contributed by atoms with van der Waals surface area (Å²) in [6.07, 6.45) is 1.39. The largest absolute Gasteiger partial charge is 0.494 e. The number of methoxy groups -OCH3 is 1. The molecule has 2 amide bonds. The summed E-state index contributed by atoms with van der Waals surface area (Å²) in [7, 11) is 1.60. The lowest BCUT2D eigenvalue weighted by atomic mass is 9.85. The number of hydrogen-bond donors (Lipinski definition) is 3. The molecule has 2 aliphatic rings. The van der Waals surface area contributed by atoms with Gasteiger partial charge in [0.15, 0.2) is 0 Å². The number of amides is 2. The smallest absolute Gasteiger partial charge is 0.241 e. The molecule has 5 rings (SSSR count). The molecule has 0 spiro atoms. The highest BCUT2D eigenvalue weighted by molar-refractivity contribution is 14.1. The fourth-order valence-electron chi connectivity index (χ4n) is 5.41. The molecule has 0 saturated carbocycles. The summed E-state index contributed by atoms with van der Waals surface area (Å²) < 4.78 is 12.7. The zero-order valence-electron chi connectivity index (χ0n) is 24.7. The standard InChI is InChI=1S/C31H34Cl2IN5O4S/c1-31(2,3)26(38-30-37-23(15-44-30)21-10-17(32)6-8-22(21)33)29(41)39-14-18(11-24(39)27(35)40)43-28-20-9-16(12-34)5-7-19(20)25(42-4)13-36-28/h5-10,13,15,18,24,26,30,37-38H,11-12,14H2,1-4H3,(H2,35,40)/t18-,24+,26-,30?/m1/s1. The van der Waals surface area contributed by atoms with Gasteiger partial charge in [-0.3, -0.25) is 14.9 Å². The van der Waals surface area contributed by atoms with Gasteiger partial charge in [0.2, 0.25) is 17.7 Å². The minimum atomic E-state index is -0.822. The molecule has 4 N–H and O–H groups in total. The van der Waals surface area contributed by atoms with Crippen LogP contribution in [0.25, 0.3) is 16.5 Å². The van der Waals surface area contributed by atoms with E-state index in [0.717, 1.165) is 32.0 Å². The molecular weight excluding hydrogens is 736 g/mol. The first-order chi connectivity index (χ1) is 20.9. The van der Waals surface area contributed by atoms with E-state index in [4.69, 9.17) is 38.4 Å². The maximum absolute atomic E-state index is 14.2. The highest BCUT2D eigenvalue weighted by Crippen LogP contribution is 2.36. The molecule has 3 aromatic rings. The first-order valence-electron chi connectivity index (χ1n) is 14.0. The second-order valence-electron chi connectivity index (χ2n) is 11.8. The Kier molecular flexibility index (Phi) is 10.1. The lowest BCUT2D eigenvalue weighted by Gasteiger charge is -2.36. The SMILES string of the molecule is COc1cnc(O[C@@H]2C[C@@H](C(N)=O)N(C(=O)[C@@H](NC3NC(c4cc(Cl)ccc4Cl)=CS3)C(C)(C)C)C2)c2cc(CI)ccc12. The Hall–Kier alpha value is -2.45. The van der Waals surface area contributed by atoms with E-state index in [0.29, 0.717) is 21.7 Å². The number of thioether (sulfide) groups is 1. The van der Waals surface area contributed by atoms with Gasteiger partial charge in [0.25, 0.3) is 0 Å². The molecule has 0 bridgehead atoms. The Bertz CT molecular complexity index is 1620. The molecule has 1 saturated heterocycles. The molecule has 2 aliphatic heterocycles. The molecule has 1 aromatic heterocycles. The van der Waals surface area contributed by atoms with Crippen molar-refractivity contribution in [3.05, 3.63) is 69.2 Å². The van der Waals surface area contributed by atoms with Crippen molar-refractivity contribution in [3.63, 3.8) is 0 Å². The van der Waals surface area contributed by atoms with Crippen LogP contribution in [0.4, 0.5) is 0 Å². The van der Waals surface area contributed by atoms with Crippen molar-refractivity contribution >= 4 is 85.8 Å². The minimum absolute atomic E-state index is 0.189. The number of nitrogens with one attached hydrogen (secondary N) is 2.